The highest BCUT2D eigenvalue weighted by Crippen LogP contribution is 2.30. The fourth-order valence-corrected chi connectivity index (χ4v) is 2.23. The number of aryl methyl sites for hydroxylation is 1. The normalized spacial score (nSPS) is 12.7. The number of furan rings is 1. The molecule has 1 aromatic heterocycles. The van der Waals surface area contributed by atoms with Crippen LogP contribution in [0, 0.1) is 6.92 Å². The van der Waals surface area contributed by atoms with E-state index in [1.807, 2.05) is 31.2 Å². The highest BCUT2D eigenvalue weighted by atomic mass is 79.9. The second kappa shape index (κ2) is 5.23. The van der Waals surface area contributed by atoms with Gasteiger partial charge in [0.15, 0.2) is 0 Å². The van der Waals surface area contributed by atoms with Crippen LogP contribution in [-0.2, 0) is 0 Å². The molecule has 0 radical (unpaired) electrons. The van der Waals surface area contributed by atoms with Crippen molar-refractivity contribution >= 4 is 27.5 Å². The van der Waals surface area contributed by atoms with Crippen molar-refractivity contribution in [1.29, 1.82) is 0 Å². The maximum atomic E-state index is 6.00. The Hall–Kier alpha value is -0.810. The second-order valence-corrected chi connectivity index (χ2v) is 5.00. The lowest BCUT2D eigenvalue weighted by Crippen LogP contribution is -2.28. The van der Waals surface area contributed by atoms with Crippen molar-refractivity contribution in [2.45, 2.75) is 13.0 Å². The SMILES string of the molecule is Cc1cc(C(NN)c2occc2Br)ccc1Cl. The van der Waals surface area contributed by atoms with Crippen molar-refractivity contribution in [3.05, 3.63) is 56.9 Å². The van der Waals surface area contributed by atoms with E-state index in [1.54, 1.807) is 6.26 Å². The maximum Gasteiger partial charge on any atom is 0.140 e. The van der Waals surface area contributed by atoms with Crippen molar-refractivity contribution in [3.8, 4) is 0 Å². The van der Waals surface area contributed by atoms with Gasteiger partial charge < -0.3 is 4.42 Å². The number of rotatable bonds is 3. The van der Waals surface area contributed by atoms with E-state index >= 15 is 0 Å². The molecule has 1 aromatic carbocycles. The molecular weight excluding hydrogens is 304 g/mol. The minimum absolute atomic E-state index is 0.199. The average Bonchev–Trinajstić information content (AvgIpc) is 2.71. The third-order valence-electron chi connectivity index (χ3n) is 2.59. The molecule has 0 aliphatic heterocycles. The number of benzene rings is 1. The second-order valence-electron chi connectivity index (χ2n) is 3.74. The Labute approximate surface area is 113 Å². The van der Waals surface area contributed by atoms with Crippen LogP contribution in [0.3, 0.4) is 0 Å². The number of halogens is 2. The fraction of sp³-hybridized carbons (Fsp3) is 0.167. The summed E-state index contributed by atoms with van der Waals surface area (Å²) in [5.74, 6) is 6.33. The van der Waals surface area contributed by atoms with Crippen LogP contribution in [0.15, 0.2) is 39.4 Å². The highest BCUT2D eigenvalue weighted by molar-refractivity contribution is 9.10. The standard InChI is InChI=1S/C12H12BrClN2O/c1-7-6-8(2-3-10(7)14)11(16-15)12-9(13)4-5-17-12/h2-6,11,16H,15H2,1H3. The topological polar surface area (TPSA) is 51.2 Å². The van der Waals surface area contributed by atoms with E-state index in [4.69, 9.17) is 21.9 Å². The first-order chi connectivity index (χ1) is 8.13. The summed E-state index contributed by atoms with van der Waals surface area (Å²) in [6.07, 6.45) is 1.62. The summed E-state index contributed by atoms with van der Waals surface area (Å²) in [5.41, 5.74) is 4.75. The molecule has 1 heterocycles. The Morgan fingerprint density at radius 3 is 2.71 bits per heavy atom. The zero-order valence-corrected chi connectivity index (χ0v) is 11.5. The van der Waals surface area contributed by atoms with Gasteiger partial charge in [0.05, 0.1) is 10.7 Å². The van der Waals surface area contributed by atoms with Gasteiger partial charge in [0.25, 0.3) is 0 Å². The van der Waals surface area contributed by atoms with Gasteiger partial charge in [-0.2, -0.15) is 0 Å². The molecule has 1 atom stereocenters. The van der Waals surface area contributed by atoms with Crippen LogP contribution in [-0.4, -0.2) is 0 Å². The smallest absolute Gasteiger partial charge is 0.140 e. The Morgan fingerprint density at radius 1 is 1.41 bits per heavy atom. The molecule has 1 unspecified atom stereocenters. The highest BCUT2D eigenvalue weighted by Gasteiger charge is 2.19. The molecular formula is C12H12BrClN2O. The van der Waals surface area contributed by atoms with Gasteiger partial charge in [-0.25, -0.2) is 5.43 Å². The van der Waals surface area contributed by atoms with Gasteiger partial charge in [0.2, 0.25) is 0 Å². The molecule has 5 heteroatoms. The first kappa shape index (κ1) is 12.6. The minimum Gasteiger partial charge on any atom is -0.466 e. The molecule has 0 aliphatic carbocycles. The van der Waals surface area contributed by atoms with Crippen molar-refractivity contribution < 1.29 is 4.42 Å². The average molecular weight is 316 g/mol. The Balaban J connectivity index is 2.42. The van der Waals surface area contributed by atoms with Crippen molar-refractivity contribution in [2.75, 3.05) is 0 Å². The number of hydrogen-bond donors (Lipinski definition) is 2. The molecule has 17 heavy (non-hydrogen) atoms. The molecule has 2 rings (SSSR count). The van der Waals surface area contributed by atoms with E-state index in [2.05, 4.69) is 21.4 Å². The zero-order chi connectivity index (χ0) is 12.4. The van der Waals surface area contributed by atoms with Crippen LogP contribution in [0.5, 0.6) is 0 Å². The van der Waals surface area contributed by atoms with E-state index in [0.717, 1.165) is 26.4 Å². The van der Waals surface area contributed by atoms with Crippen LogP contribution in [0.25, 0.3) is 0 Å². The predicted molar refractivity (Wildman–Crippen MR) is 71.8 cm³/mol. The lowest BCUT2D eigenvalue weighted by atomic mass is 10.0. The monoisotopic (exact) mass is 314 g/mol. The molecule has 90 valence electrons. The van der Waals surface area contributed by atoms with Gasteiger partial charge in [0, 0.05) is 5.02 Å². The van der Waals surface area contributed by atoms with E-state index in [-0.39, 0.29) is 6.04 Å². The van der Waals surface area contributed by atoms with Crippen LogP contribution in [0.2, 0.25) is 5.02 Å². The fourth-order valence-electron chi connectivity index (χ4n) is 1.68. The van der Waals surface area contributed by atoms with E-state index in [9.17, 15) is 0 Å². The lowest BCUT2D eigenvalue weighted by Gasteiger charge is -2.15. The third kappa shape index (κ3) is 2.55. The summed E-state index contributed by atoms with van der Waals surface area (Å²) in [6, 6.07) is 7.40. The predicted octanol–water partition coefficient (Wildman–Crippen LogP) is 3.56. The molecule has 2 aromatic rings. The van der Waals surface area contributed by atoms with E-state index in [0.29, 0.717) is 0 Å². The van der Waals surface area contributed by atoms with Gasteiger partial charge in [-0.3, -0.25) is 5.84 Å². The molecule has 3 nitrogen and oxygen atoms in total. The molecule has 0 amide bonds. The van der Waals surface area contributed by atoms with Crippen LogP contribution in [0.1, 0.15) is 22.9 Å². The molecule has 3 N–H and O–H groups in total. The molecule has 0 fully saturated rings. The summed E-state index contributed by atoms with van der Waals surface area (Å²) in [5, 5.41) is 0.739. The summed E-state index contributed by atoms with van der Waals surface area (Å²) >= 11 is 9.42. The van der Waals surface area contributed by atoms with Crippen LogP contribution >= 0.6 is 27.5 Å². The summed E-state index contributed by atoms with van der Waals surface area (Å²) in [6.45, 7) is 1.95. The largest absolute Gasteiger partial charge is 0.466 e. The Kier molecular flexibility index (Phi) is 3.89. The zero-order valence-electron chi connectivity index (χ0n) is 9.21. The molecule has 0 spiro atoms. The first-order valence-corrected chi connectivity index (χ1v) is 6.25. The van der Waals surface area contributed by atoms with Crippen LogP contribution < -0.4 is 11.3 Å². The Bertz CT molecular complexity index is 527. The van der Waals surface area contributed by atoms with Gasteiger partial charge in [-0.15, -0.1) is 0 Å². The third-order valence-corrected chi connectivity index (χ3v) is 3.67. The van der Waals surface area contributed by atoms with Crippen molar-refractivity contribution in [1.82, 2.24) is 5.43 Å². The Morgan fingerprint density at radius 2 is 2.18 bits per heavy atom. The molecule has 0 aliphatic rings. The van der Waals surface area contributed by atoms with Gasteiger partial charge in [-0.05, 0) is 46.1 Å². The van der Waals surface area contributed by atoms with E-state index in [1.165, 1.54) is 0 Å². The van der Waals surface area contributed by atoms with Crippen molar-refractivity contribution in [3.63, 3.8) is 0 Å². The number of nitrogens with two attached hydrogens (primary N) is 1. The first-order valence-electron chi connectivity index (χ1n) is 5.08. The summed E-state index contributed by atoms with van der Waals surface area (Å²) in [7, 11) is 0. The summed E-state index contributed by atoms with van der Waals surface area (Å²) < 4.78 is 6.30. The molecule has 0 bridgehead atoms. The number of nitrogens with one attached hydrogen (secondary N) is 1. The van der Waals surface area contributed by atoms with Crippen LogP contribution in [0.4, 0.5) is 0 Å². The summed E-state index contributed by atoms with van der Waals surface area (Å²) in [4.78, 5) is 0. The maximum absolute atomic E-state index is 6.00. The van der Waals surface area contributed by atoms with Gasteiger partial charge >= 0.3 is 0 Å². The number of hydrazine groups is 1. The quantitative estimate of drug-likeness (QED) is 0.672. The molecule has 0 saturated carbocycles. The minimum atomic E-state index is -0.199. The van der Waals surface area contributed by atoms with Gasteiger partial charge in [0.1, 0.15) is 11.8 Å². The number of hydrogen-bond acceptors (Lipinski definition) is 3. The van der Waals surface area contributed by atoms with Gasteiger partial charge in [-0.1, -0.05) is 23.7 Å². The molecule has 0 saturated heterocycles. The van der Waals surface area contributed by atoms with E-state index < -0.39 is 0 Å². The lowest BCUT2D eigenvalue weighted by molar-refractivity contribution is 0.449. The van der Waals surface area contributed by atoms with Crippen molar-refractivity contribution in [2.24, 2.45) is 5.84 Å².